The lowest BCUT2D eigenvalue weighted by Crippen LogP contribution is -2.20. The number of thiophene rings is 1. The number of benzene rings is 1. The van der Waals surface area contributed by atoms with Crippen molar-refractivity contribution >= 4 is 33.0 Å². The second kappa shape index (κ2) is 5.21. The van der Waals surface area contributed by atoms with Gasteiger partial charge in [0.05, 0.1) is 9.83 Å². The molecule has 0 saturated heterocycles. The molecule has 0 amide bonds. The molecule has 0 aliphatic heterocycles. The molecule has 1 atom stereocenters. The molecule has 0 aliphatic rings. The topological polar surface area (TPSA) is 29.3 Å². The number of hydrogen-bond donors (Lipinski definition) is 1. The molecule has 90 valence electrons. The molecule has 0 radical (unpaired) electrons. The molecule has 1 aromatic heterocycles. The summed E-state index contributed by atoms with van der Waals surface area (Å²) in [6.07, 6.45) is 0. The highest BCUT2D eigenvalue weighted by Crippen LogP contribution is 2.34. The Hall–Kier alpha value is -0.840. The highest BCUT2D eigenvalue weighted by atomic mass is 79.9. The van der Waals surface area contributed by atoms with Crippen LogP contribution in [0.5, 0.6) is 0 Å². The van der Waals surface area contributed by atoms with Gasteiger partial charge in [-0.2, -0.15) is 0 Å². The van der Waals surface area contributed by atoms with Gasteiger partial charge in [0, 0.05) is 10.6 Å². The molecule has 1 unspecified atom stereocenters. The third-order valence-corrected chi connectivity index (χ3v) is 4.28. The maximum atomic E-state index is 5.86. The molecule has 1 heterocycles. The molecule has 1 aromatic carbocycles. The lowest BCUT2D eigenvalue weighted by atomic mass is 10.0. The third kappa shape index (κ3) is 2.89. The second-order valence-corrected chi connectivity index (χ2v) is 6.67. The molecule has 2 nitrogen and oxygen atoms in total. The summed E-state index contributed by atoms with van der Waals surface area (Å²) in [6, 6.07) is 12.6. The fourth-order valence-electron chi connectivity index (χ4n) is 1.92. The Morgan fingerprint density at radius 1 is 1.24 bits per heavy atom. The molecule has 2 aromatic rings. The summed E-state index contributed by atoms with van der Waals surface area (Å²) >= 11 is 5.27. The van der Waals surface area contributed by atoms with Crippen LogP contribution in [0.2, 0.25) is 0 Å². The SMILES string of the molecule is CN(C)C(c1cccc(N)c1)c1ccc(Br)s1. The van der Waals surface area contributed by atoms with Crippen molar-refractivity contribution in [1.82, 2.24) is 4.90 Å². The minimum Gasteiger partial charge on any atom is -0.399 e. The summed E-state index contributed by atoms with van der Waals surface area (Å²) in [4.78, 5) is 3.51. The van der Waals surface area contributed by atoms with Gasteiger partial charge in [0.1, 0.15) is 0 Å². The Balaban J connectivity index is 2.42. The first-order chi connectivity index (χ1) is 8.08. The lowest BCUT2D eigenvalue weighted by Gasteiger charge is -2.23. The normalized spacial score (nSPS) is 12.9. The van der Waals surface area contributed by atoms with E-state index in [0.717, 1.165) is 9.47 Å². The molecule has 17 heavy (non-hydrogen) atoms. The Kier molecular flexibility index (Phi) is 3.86. The van der Waals surface area contributed by atoms with E-state index in [1.54, 1.807) is 11.3 Å². The van der Waals surface area contributed by atoms with Gasteiger partial charge in [-0.05, 0) is 59.9 Å². The summed E-state index contributed by atoms with van der Waals surface area (Å²) in [7, 11) is 4.17. The summed E-state index contributed by atoms with van der Waals surface area (Å²) in [5.74, 6) is 0. The van der Waals surface area contributed by atoms with E-state index in [1.807, 2.05) is 18.2 Å². The number of nitrogen functional groups attached to an aromatic ring is 1. The minimum absolute atomic E-state index is 0.259. The van der Waals surface area contributed by atoms with Crippen molar-refractivity contribution in [3.05, 3.63) is 50.6 Å². The third-order valence-electron chi connectivity index (χ3n) is 2.61. The molecule has 4 heteroatoms. The number of rotatable bonds is 3. The second-order valence-electron chi connectivity index (χ2n) is 4.18. The van der Waals surface area contributed by atoms with Crippen LogP contribution >= 0.6 is 27.3 Å². The molecule has 0 saturated carbocycles. The Bertz CT molecular complexity index is 508. The summed E-state index contributed by atoms with van der Waals surface area (Å²) in [5, 5.41) is 0. The quantitative estimate of drug-likeness (QED) is 0.875. The van der Waals surface area contributed by atoms with Crippen LogP contribution in [-0.4, -0.2) is 19.0 Å². The predicted octanol–water partition coefficient (Wildman–Crippen LogP) is 3.74. The van der Waals surface area contributed by atoms with E-state index < -0.39 is 0 Å². The largest absolute Gasteiger partial charge is 0.399 e. The van der Waals surface area contributed by atoms with Crippen LogP contribution in [0.1, 0.15) is 16.5 Å². The van der Waals surface area contributed by atoms with Crippen molar-refractivity contribution in [1.29, 1.82) is 0 Å². The van der Waals surface area contributed by atoms with Crippen molar-refractivity contribution in [3.63, 3.8) is 0 Å². The first-order valence-electron chi connectivity index (χ1n) is 5.35. The van der Waals surface area contributed by atoms with Gasteiger partial charge < -0.3 is 5.73 Å². The predicted molar refractivity (Wildman–Crippen MR) is 78.4 cm³/mol. The standard InChI is InChI=1S/C13H15BrN2S/c1-16(2)13(11-6-7-12(14)17-11)9-4-3-5-10(15)8-9/h3-8,13H,15H2,1-2H3. The van der Waals surface area contributed by atoms with E-state index in [4.69, 9.17) is 5.73 Å². The van der Waals surface area contributed by atoms with Crippen molar-refractivity contribution < 1.29 is 0 Å². The average molecular weight is 311 g/mol. The first kappa shape index (κ1) is 12.6. The van der Waals surface area contributed by atoms with Crippen LogP contribution < -0.4 is 5.73 Å². The molecule has 2 rings (SSSR count). The first-order valence-corrected chi connectivity index (χ1v) is 6.96. The maximum Gasteiger partial charge on any atom is 0.0702 e. The van der Waals surface area contributed by atoms with Gasteiger partial charge in [-0.1, -0.05) is 12.1 Å². The van der Waals surface area contributed by atoms with E-state index >= 15 is 0 Å². The molecule has 0 fully saturated rings. The minimum atomic E-state index is 0.259. The average Bonchev–Trinajstić information content (AvgIpc) is 2.64. The van der Waals surface area contributed by atoms with Gasteiger partial charge in [0.15, 0.2) is 0 Å². The molecule has 0 aliphatic carbocycles. The summed E-state index contributed by atoms with van der Waals surface area (Å²) < 4.78 is 1.16. The zero-order chi connectivity index (χ0) is 12.4. The Labute approximate surface area is 114 Å². The van der Waals surface area contributed by atoms with E-state index in [2.05, 4.69) is 53.1 Å². The van der Waals surface area contributed by atoms with Crippen molar-refractivity contribution in [3.8, 4) is 0 Å². The van der Waals surface area contributed by atoms with E-state index in [0.29, 0.717) is 0 Å². The van der Waals surface area contributed by atoms with E-state index in [-0.39, 0.29) is 6.04 Å². The molecule has 0 bridgehead atoms. The van der Waals surface area contributed by atoms with Crippen LogP contribution in [0.4, 0.5) is 5.69 Å². The van der Waals surface area contributed by atoms with Crippen LogP contribution in [-0.2, 0) is 0 Å². The number of nitrogens with zero attached hydrogens (tertiary/aromatic N) is 1. The number of halogens is 1. The van der Waals surface area contributed by atoms with Gasteiger partial charge in [-0.25, -0.2) is 0 Å². The van der Waals surface area contributed by atoms with Crippen molar-refractivity contribution in [2.24, 2.45) is 0 Å². The van der Waals surface area contributed by atoms with Crippen molar-refractivity contribution in [2.45, 2.75) is 6.04 Å². The number of anilines is 1. The van der Waals surface area contributed by atoms with Gasteiger partial charge in [-0.3, -0.25) is 4.90 Å². The zero-order valence-corrected chi connectivity index (χ0v) is 12.3. The van der Waals surface area contributed by atoms with E-state index in [1.165, 1.54) is 10.4 Å². The Morgan fingerprint density at radius 3 is 2.53 bits per heavy atom. The summed E-state index contributed by atoms with van der Waals surface area (Å²) in [6.45, 7) is 0. The number of nitrogens with two attached hydrogens (primary N) is 1. The molecular formula is C13H15BrN2S. The maximum absolute atomic E-state index is 5.86. The molecular weight excluding hydrogens is 296 g/mol. The number of hydrogen-bond acceptors (Lipinski definition) is 3. The van der Waals surface area contributed by atoms with Crippen LogP contribution in [0.15, 0.2) is 40.2 Å². The summed E-state index contributed by atoms with van der Waals surface area (Å²) in [5.41, 5.74) is 7.89. The highest BCUT2D eigenvalue weighted by molar-refractivity contribution is 9.11. The smallest absolute Gasteiger partial charge is 0.0702 e. The van der Waals surface area contributed by atoms with Crippen LogP contribution in [0.3, 0.4) is 0 Å². The highest BCUT2D eigenvalue weighted by Gasteiger charge is 2.18. The van der Waals surface area contributed by atoms with Gasteiger partial charge >= 0.3 is 0 Å². The Morgan fingerprint density at radius 2 is 2.00 bits per heavy atom. The van der Waals surface area contributed by atoms with Crippen molar-refractivity contribution in [2.75, 3.05) is 19.8 Å². The molecule has 0 spiro atoms. The fourth-order valence-corrected chi connectivity index (χ4v) is 3.57. The fraction of sp³-hybridized carbons (Fsp3) is 0.231. The lowest BCUT2D eigenvalue weighted by molar-refractivity contribution is 0.346. The van der Waals surface area contributed by atoms with Gasteiger partial charge in [0.2, 0.25) is 0 Å². The zero-order valence-electron chi connectivity index (χ0n) is 9.85. The van der Waals surface area contributed by atoms with Crippen LogP contribution in [0, 0.1) is 0 Å². The van der Waals surface area contributed by atoms with E-state index in [9.17, 15) is 0 Å². The van der Waals surface area contributed by atoms with Gasteiger partial charge in [0.25, 0.3) is 0 Å². The van der Waals surface area contributed by atoms with Gasteiger partial charge in [-0.15, -0.1) is 11.3 Å². The monoisotopic (exact) mass is 310 g/mol. The van der Waals surface area contributed by atoms with Crippen LogP contribution in [0.25, 0.3) is 0 Å². The molecule has 2 N–H and O–H groups in total.